The zero-order chi connectivity index (χ0) is 11.7. The molecule has 98 valence electrons. The molecule has 0 aliphatic carbocycles. The third-order valence-electron chi connectivity index (χ3n) is 4.80. The van der Waals surface area contributed by atoms with Crippen molar-refractivity contribution in [2.45, 2.75) is 69.6 Å². The van der Waals surface area contributed by atoms with Gasteiger partial charge < -0.3 is 5.32 Å². The van der Waals surface area contributed by atoms with Gasteiger partial charge in [0.25, 0.3) is 0 Å². The summed E-state index contributed by atoms with van der Waals surface area (Å²) in [4.78, 5) is 2.92. The van der Waals surface area contributed by atoms with Crippen molar-refractivity contribution in [2.24, 2.45) is 0 Å². The zero-order valence-corrected chi connectivity index (χ0v) is 11.8. The molecule has 2 nitrogen and oxygen atoms in total. The fourth-order valence-electron chi connectivity index (χ4n) is 4.08. The van der Waals surface area contributed by atoms with Gasteiger partial charge in [-0.1, -0.05) is 6.92 Å². The van der Waals surface area contributed by atoms with Crippen molar-refractivity contribution in [2.75, 3.05) is 18.1 Å². The average molecular weight is 254 g/mol. The summed E-state index contributed by atoms with van der Waals surface area (Å²) in [5.41, 5.74) is 0. The van der Waals surface area contributed by atoms with Crippen LogP contribution in [0.25, 0.3) is 0 Å². The maximum absolute atomic E-state index is 3.75. The van der Waals surface area contributed by atoms with Gasteiger partial charge in [0.05, 0.1) is 0 Å². The van der Waals surface area contributed by atoms with Crippen LogP contribution in [0.15, 0.2) is 0 Å². The zero-order valence-electron chi connectivity index (χ0n) is 11.0. The van der Waals surface area contributed by atoms with E-state index in [0.29, 0.717) is 0 Å². The highest BCUT2D eigenvalue weighted by Gasteiger charge is 2.44. The summed E-state index contributed by atoms with van der Waals surface area (Å²) in [5.74, 6) is 2.80. The molecule has 3 aliphatic rings. The van der Waals surface area contributed by atoms with E-state index in [0.717, 1.165) is 24.2 Å². The third-order valence-corrected chi connectivity index (χ3v) is 5.94. The molecule has 1 N–H and O–H groups in total. The molecule has 3 saturated heterocycles. The van der Waals surface area contributed by atoms with Crippen LogP contribution in [0.5, 0.6) is 0 Å². The first kappa shape index (κ1) is 12.3. The summed E-state index contributed by atoms with van der Waals surface area (Å²) in [6, 6.07) is 3.56. The summed E-state index contributed by atoms with van der Waals surface area (Å²) < 4.78 is 0. The normalized spacial score (nSPS) is 42.2. The largest absolute Gasteiger partial charge is 0.314 e. The number of piperidine rings is 1. The van der Waals surface area contributed by atoms with Crippen molar-refractivity contribution in [3.63, 3.8) is 0 Å². The molecule has 0 radical (unpaired) electrons. The second-order valence-corrected chi connectivity index (χ2v) is 7.12. The van der Waals surface area contributed by atoms with E-state index in [1.54, 1.807) is 0 Å². The Morgan fingerprint density at radius 2 is 1.88 bits per heavy atom. The lowest BCUT2D eigenvalue weighted by atomic mass is 9.95. The van der Waals surface area contributed by atoms with Gasteiger partial charge >= 0.3 is 0 Å². The highest BCUT2D eigenvalue weighted by atomic mass is 32.2. The molecule has 17 heavy (non-hydrogen) atoms. The lowest BCUT2D eigenvalue weighted by Crippen LogP contribution is -2.53. The van der Waals surface area contributed by atoms with Crippen LogP contribution in [0.1, 0.15) is 45.4 Å². The Labute approximate surface area is 110 Å². The Balaban J connectivity index is 1.59. The molecule has 0 spiro atoms. The second kappa shape index (κ2) is 5.50. The fourth-order valence-corrected chi connectivity index (χ4v) is 5.30. The van der Waals surface area contributed by atoms with Gasteiger partial charge in [-0.15, -0.1) is 0 Å². The Morgan fingerprint density at radius 1 is 1.12 bits per heavy atom. The maximum Gasteiger partial charge on any atom is 0.0200 e. The predicted octanol–water partition coefficient (Wildman–Crippen LogP) is 2.49. The van der Waals surface area contributed by atoms with Crippen molar-refractivity contribution < 1.29 is 0 Å². The summed E-state index contributed by atoms with van der Waals surface area (Å²) in [6.07, 6.45) is 8.49. The molecule has 3 aliphatic heterocycles. The average Bonchev–Trinajstić information content (AvgIpc) is 2.93. The monoisotopic (exact) mass is 254 g/mol. The van der Waals surface area contributed by atoms with Crippen LogP contribution >= 0.6 is 11.8 Å². The standard InChI is InChI=1S/C14H26N2S/c1-2-6-15-11-8-12-3-4-13(9-11)16(12)14-5-7-17-10-14/h11-15H,2-10H2,1H3. The lowest BCUT2D eigenvalue weighted by Gasteiger charge is -2.42. The van der Waals surface area contributed by atoms with Crippen molar-refractivity contribution >= 4 is 11.8 Å². The molecule has 3 atom stereocenters. The Morgan fingerprint density at radius 3 is 2.47 bits per heavy atom. The van der Waals surface area contributed by atoms with E-state index in [1.807, 2.05) is 0 Å². The molecule has 3 rings (SSSR count). The van der Waals surface area contributed by atoms with E-state index in [-0.39, 0.29) is 0 Å². The molecular weight excluding hydrogens is 228 g/mol. The van der Waals surface area contributed by atoms with Gasteiger partial charge in [-0.2, -0.15) is 11.8 Å². The first-order valence-corrected chi connectivity index (χ1v) is 8.62. The van der Waals surface area contributed by atoms with Gasteiger partial charge in [-0.05, 0) is 50.8 Å². The topological polar surface area (TPSA) is 15.3 Å². The number of hydrogen-bond acceptors (Lipinski definition) is 3. The molecule has 3 unspecified atom stereocenters. The summed E-state index contributed by atoms with van der Waals surface area (Å²) in [6.45, 7) is 3.48. The van der Waals surface area contributed by atoms with Gasteiger partial charge in [0.1, 0.15) is 0 Å². The van der Waals surface area contributed by atoms with E-state index in [2.05, 4.69) is 28.9 Å². The van der Waals surface area contributed by atoms with E-state index >= 15 is 0 Å². The number of hydrogen-bond donors (Lipinski definition) is 1. The maximum atomic E-state index is 3.75. The summed E-state index contributed by atoms with van der Waals surface area (Å²) in [7, 11) is 0. The SMILES string of the molecule is CCCNC1CC2CCC(C1)N2C1CCSC1. The smallest absolute Gasteiger partial charge is 0.0200 e. The Kier molecular flexibility index (Phi) is 3.98. The lowest BCUT2D eigenvalue weighted by molar-refractivity contribution is 0.0804. The number of rotatable bonds is 4. The van der Waals surface area contributed by atoms with Crippen LogP contribution in [0, 0.1) is 0 Å². The van der Waals surface area contributed by atoms with E-state index in [4.69, 9.17) is 0 Å². The molecule has 3 heterocycles. The van der Waals surface area contributed by atoms with Crippen molar-refractivity contribution in [3.8, 4) is 0 Å². The number of nitrogens with one attached hydrogen (secondary N) is 1. The van der Waals surface area contributed by atoms with Crippen LogP contribution in [0.4, 0.5) is 0 Å². The van der Waals surface area contributed by atoms with Crippen LogP contribution in [-0.2, 0) is 0 Å². The molecule has 0 saturated carbocycles. The van der Waals surface area contributed by atoms with Crippen molar-refractivity contribution in [3.05, 3.63) is 0 Å². The van der Waals surface area contributed by atoms with Gasteiger partial charge in [-0.3, -0.25) is 4.90 Å². The highest BCUT2D eigenvalue weighted by molar-refractivity contribution is 7.99. The van der Waals surface area contributed by atoms with Crippen LogP contribution < -0.4 is 5.32 Å². The molecule has 3 fully saturated rings. The molecule has 0 aromatic heterocycles. The summed E-state index contributed by atoms with van der Waals surface area (Å²) >= 11 is 2.17. The molecular formula is C14H26N2S. The number of nitrogens with zero attached hydrogens (tertiary/aromatic N) is 1. The van der Waals surface area contributed by atoms with E-state index in [1.165, 1.54) is 56.6 Å². The van der Waals surface area contributed by atoms with Gasteiger partial charge in [0.2, 0.25) is 0 Å². The Hall–Kier alpha value is 0.270. The molecule has 0 aromatic carbocycles. The predicted molar refractivity (Wildman–Crippen MR) is 75.7 cm³/mol. The quantitative estimate of drug-likeness (QED) is 0.830. The van der Waals surface area contributed by atoms with Crippen molar-refractivity contribution in [1.82, 2.24) is 10.2 Å². The third kappa shape index (κ3) is 2.52. The first-order chi connectivity index (χ1) is 8.38. The molecule has 0 aromatic rings. The number of thioether (sulfide) groups is 1. The van der Waals surface area contributed by atoms with Gasteiger partial charge in [0, 0.05) is 29.9 Å². The van der Waals surface area contributed by atoms with Gasteiger partial charge in [-0.25, -0.2) is 0 Å². The van der Waals surface area contributed by atoms with Crippen LogP contribution in [0.3, 0.4) is 0 Å². The second-order valence-electron chi connectivity index (χ2n) is 5.97. The van der Waals surface area contributed by atoms with Crippen LogP contribution in [-0.4, -0.2) is 47.1 Å². The number of fused-ring (bicyclic) bond motifs is 2. The minimum atomic E-state index is 0.817. The van der Waals surface area contributed by atoms with E-state index < -0.39 is 0 Å². The minimum Gasteiger partial charge on any atom is -0.314 e. The fraction of sp³-hybridized carbons (Fsp3) is 1.00. The van der Waals surface area contributed by atoms with E-state index in [9.17, 15) is 0 Å². The first-order valence-electron chi connectivity index (χ1n) is 7.47. The van der Waals surface area contributed by atoms with Crippen LogP contribution in [0.2, 0.25) is 0 Å². The molecule has 3 heteroatoms. The minimum absolute atomic E-state index is 0.817. The van der Waals surface area contributed by atoms with Gasteiger partial charge in [0.15, 0.2) is 0 Å². The summed E-state index contributed by atoms with van der Waals surface area (Å²) in [5, 5.41) is 3.75. The Bertz CT molecular complexity index is 239. The van der Waals surface area contributed by atoms with Crippen molar-refractivity contribution in [1.29, 1.82) is 0 Å². The highest BCUT2D eigenvalue weighted by Crippen LogP contribution is 2.40. The molecule has 2 bridgehead atoms. The molecule has 0 amide bonds.